The summed E-state index contributed by atoms with van der Waals surface area (Å²) in [5.41, 5.74) is 6.50. The van der Waals surface area contributed by atoms with Crippen LogP contribution in [-0.2, 0) is 16.6 Å². The molecule has 1 saturated carbocycles. The highest BCUT2D eigenvalue weighted by Gasteiger charge is 2.31. The zero-order chi connectivity index (χ0) is 15.6. The lowest BCUT2D eigenvalue weighted by atomic mass is 9.87. The van der Waals surface area contributed by atoms with Gasteiger partial charge in [0.2, 0.25) is 10.0 Å². The topological polar surface area (TPSA) is 63.4 Å². The van der Waals surface area contributed by atoms with Crippen molar-refractivity contribution in [2.45, 2.75) is 50.1 Å². The van der Waals surface area contributed by atoms with Crippen molar-refractivity contribution < 1.29 is 8.42 Å². The van der Waals surface area contributed by atoms with Crippen molar-refractivity contribution in [1.29, 1.82) is 0 Å². The Bertz CT molecular complexity index is 596. The van der Waals surface area contributed by atoms with E-state index in [0.717, 1.165) is 31.2 Å². The number of sulfonamides is 1. The maximum absolute atomic E-state index is 12.8. The smallest absolute Gasteiger partial charge is 0.244 e. The van der Waals surface area contributed by atoms with E-state index < -0.39 is 10.0 Å². The third kappa shape index (κ3) is 3.67. The molecule has 0 radical (unpaired) electrons. The predicted octanol–water partition coefficient (Wildman–Crippen LogP) is 3.11. The zero-order valence-corrected chi connectivity index (χ0v) is 15.0. The van der Waals surface area contributed by atoms with Crippen LogP contribution in [0.5, 0.6) is 0 Å². The summed E-state index contributed by atoms with van der Waals surface area (Å²) in [6.45, 7) is 2.63. The van der Waals surface area contributed by atoms with Gasteiger partial charge >= 0.3 is 0 Å². The fourth-order valence-corrected chi connectivity index (χ4v) is 5.34. The summed E-state index contributed by atoms with van der Waals surface area (Å²) >= 11 is 3.36. The van der Waals surface area contributed by atoms with E-state index in [2.05, 4.69) is 22.9 Å². The maximum atomic E-state index is 12.8. The molecule has 1 aliphatic carbocycles. The molecule has 0 aliphatic heterocycles. The predicted molar refractivity (Wildman–Crippen MR) is 88.4 cm³/mol. The summed E-state index contributed by atoms with van der Waals surface area (Å²) in [6, 6.07) is 5.30. The minimum atomic E-state index is -3.47. The lowest BCUT2D eigenvalue weighted by Crippen LogP contribution is -2.39. The molecular formula is C15H23BrN2O2S. The van der Waals surface area contributed by atoms with Crippen LogP contribution in [0, 0.1) is 5.92 Å². The molecule has 0 atom stereocenters. The van der Waals surface area contributed by atoms with Gasteiger partial charge in [0.25, 0.3) is 0 Å². The van der Waals surface area contributed by atoms with Gasteiger partial charge in [0.05, 0.1) is 4.90 Å². The van der Waals surface area contributed by atoms with Crippen LogP contribution in [0.3, 0.4) is 0 Å². The van der Waals surface area contributed by atoms with Crippen molar-refractivity contribution in [2.75, 3.05) is 7.05 Å². The molecule has 118 valence electrons. The molecule has 6 heteroatoms. The van der Waals surface area contributed by atoms with E-state index >= 15 is 0 Å². The lowest BCUT2D eigenvalue weighted by molar-refractivity contribution is 0.246. The second-order valence-electron chi connectivity index (χ2n) is 5.90. The number of halogens is 1. The van der Waals surface area contributed by atoms with E-state index in [1.165, 1.54) is 0 Å². The van der Waals surface area contributed by atoms with Gasteiger partial charge < -0.3 is 5.73 Å². The summed E-state index contributed by atoms with van der Waals surface area (Å²) in [6.07, 6.45) is 4.07. The molecule has 0 amide bonds. The van der Waals surface area contributed by atoms with Gasteiger partial charge in [0.15, 0.2) is 0 Å². The molecule has 0 bridgehead atoms. The molecule has 0 heterocycles. The van der Waals surface area contributed by atoms with Crippen LogP contribution < -0.4 is 5.73 Å². The van der Waals surface area contributed by atoms with E-state index in [0.29, 0.717) is 21.8 Å². The molecule has 0 aromatic heterocycles. The molecule has 1 fully saturated rings. The molecule has 0 unspecified atom stereocenters. The molecule has 2 N–H and O–H groups in total. The highest BCUT2D eigenvalue weighted by Crippen LogP contribution is 2.32. The number of nitrogens with two attached hydrogens (primary N) is 1. The van der Waals surface area contributed by atoms with Crippen LogP contribution in [0.25, 0.3) is 0 Å². The summed E-state index contributed by atoms with van der Waals surface area (Å²) in [7, 11) is -1.77. The van der Waals surface area contributed by atoms with Crippen molar-refractivity contribution >= 4 is 26.0 Å². The number of rotatable bonds is 4. The fourth-order valence-electron chi connectivity index (χ4n) is 2.84. The molecule has 1 aliphatic rings. The average Bonchev–Trinajstić information content (AvgIpc) is 2.46. The van der Waals surface area contributed by atoms with Crippen molar-refractivity contribution in [3.05, 3.63) is 28.2 Å². The van der Waals surface area contributed by atoms with Crippen molar-refractivity contribution in [3.8, 4) is 0 Å². The van der Waals surface area contributed by atoms with Gasteiger partial charge in [-0.3, -0.25) is 0 Å². The summed E-state index contributed by atoms with van der Waals surface area (Å²) in [4.78, 5) is 0.320. The Labute approximate surface area is 135 Å². The molecule has 4 nitrogen and oxygen atoms in total. The lowest BCUT2D eigenvalue weighted by Gasteiger charge is -2.33. The second kappa shape index (κ2) is 6.77. The Hall–Kier alpha value is -0.430. The molecule has 21 heavy (non-hydrogen) atoms. The summed E-state index contributed by atoms with van der Waals surface area (Å²) in [5.74, 6) is 0.702. The first-order valence-electron chi connectivity index (χ1n) is 7.32. The first-order valence-corrected chi connectivity index (χ1v) is 9.56. The van der Waals surface area contributed by atoms with Gasteiger partial charge in [0, 0.05) is 24.1 Å². The third-order valence-electron chi connectivity index (χ3n) is 4.39. The summed E-state index contributed by atoms with van der Waals surface area (Å²) in [5, 5.41) is 0. The van der Waals surface area contributed by atoms with Gasteiger partial charge in [-0.1, -0.05) is 13.0 Å². The number of nitrogens with zero attached hydrogens (tertiary/aromatic N) is 1. The number of hydrogen-bond donors (Lipinski definition) is 1. The quantitative estimate of drug-likeness (QED) is 0.880. The first kappa shape index (κ1) is 16.9. The molecule has 2 rings (SSSR count). The Morgan fingerprint density at radius 3 is 2.43 bits per heavy atom. The van der Waals surface area contributed by atoms with Gasteiger partial charge in [0.1, 0.15) is 0 Å². The standard InChI is InChI=1S/C15H23BrN2O2S/c1-11-3-6-13(7-4-11)18(2)21(19,20)15-8-5-12(10-17)9-14(15)16/h5,8-9,11,13H,3-4,6-7,10,17H2,1-2H3. The van der Waals surface area contributed by atoms with Gasteiger partial charge in [-0.25, -0.2) is 8.42 Å². The van der Waals surface area contributed by atoms with Crippen LogP contribution in [0.4, 0.5) is 0 Å². The second-order valence-corrected chi connectivity index (χ2v) is 8.72. The van der Waals surface area contributed by atoms with Crippen LogP contribution in [0.15, 0.2) is 27.6 Å². The molecule has 1 aromatic carbocycles. The minimum Gasteiger partial charge on any atom is -0.326 e. The van der Waals surface area contributed by atoms with Gasteiger partial charge in [-0.15, -0.1) is 0 Å². The largest absolute Gasteiger partial charge is 0.326 e. The fraction of sp³-hybridized carbons (Fsp3) is 0.600. The number of hydrogen-bond acceptors (Lipinski definition) is 3. The molecule has 0 spiro atoms. The van der Waals surface area contributed by atoms with E-state index in [-0.39, 0.29) is 6.04 Å². The van der Waals surface area contributed by atoms with E-state index in [1.54, 1.807) is 29.6 Å². The highest BCUT2D eigenvalue weighted by molar-refractivity contribution is 9.10. The van der Waals surface area contributed by atoms with Gasteiger partial charge in [-0.05, 0) is 65.2 Å². The van der Waals surface area contributed by atoms with Crippen molar-refractivity contribution in [2.24, 2.45) is 11.7 Å². The number of benzene rings is 1. The molecular weight excluding hydrogens is 352 g/mol. The SMILES string of the molecule is CC1CCC(N(C)S(=O)(=O)c2ccc(CN)cc2Br)CC1. The van der Waals surface area contributed by atoms with Crippen LogP contribution >= 0.6 is 15.9 Å². The van der Waals surface area contributed by atoms with Crippen LogP contribution in [-0.4, -0.2) is 25.8 Å². The van der Waals surface area contributed by atoms with E-state index in [1.807, 2.05) is 0 Å². The Balaban J connectivity index is 2.25. The normalized spacial score (nSPS) is 23.5. The Morgan fingerprint density at radius 2 is 1.90 bits per heavy atom. The molecule has 0 saturated heterocycles. The minimum absolute atomic E-state index is 0.104. The highest BCUT2D eigenvalue weighted by atomic mass is 79.9. The van der Waals surface area contributed by atoms with Crippen LogP contribution in [0.1, 0.15) is 38.2 Å². The molecule has 1 aromatic rings. The van der Waals surface area contributed by atoms with E-state index in [4.69, 9.17) is 5.73 Å². The summed E-state index contributed by atoms with van der Waals surface area (Å²) < 4.78 is 27.7. The first-order chi connectivity index (χ1) is 9.86. The monoisotopic (exact) mass is 374 g/mol. The Kier molecular flexibility index (Phi) is 5.46. The zero-order valence-electron chi connectivity index (χ0n) is 12.5. The van der Waals surface area contributed by atoms with Crippen LogP contribution in [0.2, 0.25) is 0 Å². The Morgan fingerprint density at radius 1 is 1.29 bits per heavy atom. The van der Waals surface area contributed by atoms with Crippen molar-refractivity contribution in [1.82, 2.24) is 4.31 Å². The van der Waals surface area contributed by atoms with Gasteiger partial charge in [-0.2, -0.15) is 4.31 Å². The van der Waals surface area contributed by atoms with Crippen molar-refractivity contribution in [3.63, 3.8) is 0 Å². The average molecular weight is 375 g/mol. The van der Waals surface area contributed by atoms with E-state index in [9.17, 15) is 8.42 Å². The third-order valence-corrected chi connectivity index (χ3v) is 7.28. The maximum Gasteiger partial charge on any atom is 0.244 e.